The van der Waals surface area contributed by atoms with Crippen LogP contribution in [0.2, 0.25) is 0 Å². The third kappa shape index (κ3) is 4.56. The summed E-state index contributed by atoms with van der Waals surface area (Å²) >= 11 is 0. The number of dihydropyridines is 1. The maximum atomic E-state index is 13.9. The van der Waals surface area contributed by atoms with Crippen molar-refractivity contribution in [2.75, 3.05) is 6.61 Å². The van der Waals surface area contributed by atoms with Crippen LogP contribution in [0.1, 0.15) is 60.4 Å². The number of fused-ring (bicyclic) bond motifs is 1. The molecule has 0 aliphatic carbocycles. The Morgan fingerprint density at radius 3 is 2.34 bits per heavy atom. The minimum atomic E-state index is -0.775. The van der Waals surface area contributed by atoms with Crippen molar-refractivity contribution in [2.45, 2.75) is 47.0 Å². The average Bonchev–Trinajstić information content (AvgIpc) is 2.82. The van der Waals surface area contributed by atoms with Gasteiger partial charge in [-0.3, -0.25) is 9.59 Å². The molecule has 0 bridgehead atoms. The van der Waals surface area contributed by atoms with Gasteiger partial charge in [0.25, 0.3) is 0 Å². The van der Waals surface area contributed by atoms with Crippen LogP contribution < -0.4 is 10.7 Å². The fraction of sp³-hybridized carbons (Fsp3) is 0.276. The molecular weight excluding hydrogens is 442 g/mol. The summed E-state index contributed by atoms with van der Waals surface area (Å²) < 4.78 is 11.6. The lowest BCUT2D eigenvalue weighted by Crippen LogP contribution is -2.32. The predicted octanol–water partition coefficient (Wildman–Crippen LogP) is 5.48. The highest BCUT2D eigenvalue weighted by Crippen LogP contribution is 2.42. The minimum Gasteiger partial charge on any atom is -0.462 e. The number of rotatable bonds is 6. The van der Waals surface area contributed by atoms with Crippen LogP contribution in [0.4, 0.5) is 0 Å². The largest absolute Gasteiger partial charge is 0.462 e. The monoisotopic (exact) mass is 471 g/mol. The number of allylic oxidation sites excluding steroid dienone is 3. The molecule has 1 aliphatic heterocycles. The van der Waals surface area contributed by atoms with Crippen molar-refractivity contribution < 1.29 is 18.7 Å². The zero-order valence-corrected chi connectivity index (χ0v) is 20.7. The van der Waals surface area contributed by atoms with Gasteiger partial charge in [0.2, 0.25) is 0 Å². The number of hydrogen-bond donors (Lipinski definition) is 1. The summed E-state index contributed by atoms with van der Waals surface area (Å²) in [6, 6.07) is 14.0. The predicted molar refractivity (Wildman–Crippen MR) is 135 cm³/mol. The van der Waals surface area contributed by atoms with Gasteiger partial charge in [0.15, 0.2) is 11.2 Å². The molecular formula is C29H29NO5. The van der Waals surface area contributed by atoms with E-state index >= 15 is 0 Å². The Labute approximate surface area is 204 Å². The summed E-state index contributed by atoms with van der Waals surface area (Å²) in [6.45, 7) is 9.45. The zero-order chi connectivity index (χ0) is 25.3. The van der Waals surface area contributed by atoms with Gasteiger partial charge in [0, 0.05) is 34.2 Å². The van der Waals surface area contributed by atoms with Crippen LogP contribution in [0.15, 0.2) is 80.3 Å². The molecule has 35 heavy (non-hydrogen) atoms. The molecule has 6 nitrogen and oxygen atoms in total. The van der Waals surface area contributed by atoms with Gasteiger partial charge < -0.3 is 14.5 Å². The minimum absolute atomic E-state index is 0.178. The highest BCUT2D eigenvalue weighted by atomic mass is 16.5. The standard InChI is InChI=1S/C29H29NO5/c1-6-14-34-29(33)25-19(5)30-18(4)24(27(32)20-12-10-16(2)11-13-20)26(25)22-9-7-8-21-23(31)15-17(3)35-28(21)22/h7-13,15,26,30H,6,14H2,1-5H3. The molecule has 180 valence electrons. The van der Waals surface area contributed by atoms with E-state index in [-0.39, 0.29) is 17.8 Å². The molecule has 6 heteroatoms. The molecule has 1 aliphatic rings. The molecule has 1 N–H and O–H groups in total. The van der Waals surface area contributed by atoms with Gasteiger partial charge in [-0.1, -0.05) is 48.9 Å². The number of esters is 1. The van der Waals surface area contributed by atoms with Gasteiger partial charge in [0.1, 0.15) is 11.3 Å². The van der Waals surface area contributed by atoms with Crippen LogP contribution in [0.5, 0.6) is 0 Å². The van der Waals surface area contributed by atoms with E-state index in [9.17, 15) is 14.4 Å². The van der Waals surface area contributed by atoms with E-state index in [0.29, 0.717) is 56.8 Å². The highest BCUT2D eigenvalue weighted by Gasteiger charge is 2.38. The van der Waals surface area contributed by atoms with Gasteiger partial charge in [-0.2, -0.15) is 0 Å². The van der Waals surface area contributed by atoms with Crippen molar-refractivity contribution in [1.82, 2.24) is 5.32 Å². The fourth-order valence-corrected chi connectivity index (χ4v) is 4.55. The van der Waals surface area contributed by atoms with Crippen molar-refractivity contribution in [3.8, 4) is 0 Å². The maximum absolute atomic E-state index is 13.9. The van der Waals surface area contributed by atoms with Gasteiger partial charge in [-0.15, -0.1) is 0 Å². The second-order valence-electron chi connectivity index (χ2n) is 8.91. The molecule has 1 atom stereocenters. The number of Topliss-reactive ketones (excluding diaryl/α,β-unsaturated/α-hetero) is 1. The van der Waals surface area contributed by atoms with E-state index in [0.717, 1.165) is 5.56 Å². The molecule has 0 saturated heterocycles. The number of para-hydroxylation sites is 1. The van der Waals surface area contributed by atoms with Crippen LogP contribution >= 0.6 is 0 Å². The van der Waals surface area contributed by atoms with Gasteiger partial charge in [-0.05, 0) is 40.2 Å². The number of benzene rings is 2. The average molecular weight is 472 g/mol. The van der Waals surface area contributed by atoms with E-state index < -0.39 is 11.9 Å². The Kier molecular flexibility index (Phi) is 6.74. The van der Waals surface area contributed by atoms with E-state index in [4.69, 9.17) is 9.15 Å². The lowest BCUT2D eigenvalue weighted by molar-refractivity contribution is -0.139. The van der Waals surface area contributed by atoms with Gasteiger partial charge >= 0.3 is 5.97 Å². The van der Waals surface area contributed by atoms with Crippen LogP contribution in [-0.2, 0) is 9.53 Å². The number of nitrogens with one attached hydrogen (secondary N) is 1. The summed E-state index contributed by atoms with van der Waals surface area (Å²) in [5, 5.41) is 3.61. The molecule has 4 rings (SSSR count). The van der Waals surface area contributed by atoms with Crippen molar-refractivity contribution in [3.05, 3.63) is 104 Å². The maximum Gasteiger partial charge on any atom is 0.336 e. The molecule has 2 heterocycles. The molecule has 0 radical (unpaired) electrons. The van der Waals surface area contributed by atoms with Crippen molar-refractivity contribution in [2.24, 2.45) is 0 Å². The Morgan fingerprint density at radius 2 is 1.66 bits per heavy atom. The van der Waals surface area contributed by atoms with E-state index in [1.165, 1.54) is 6.07 Å². The number of ketones is 1. The first-order chi connectivity index (χ1) is 16.7. The number of aryl methyl sites for hydroxylation is 2. The third-order valence-electron chi connectivity index (χ3n) is 6.20. The summed E-state index contributed by atoms with van der Waals surface area (Å²) in [4.78, 5) is 40.0. The molecule has 0 saturated carbocycles. The molecule has 0 fully saturated rings. The first-order valence-corrected chi connectivity index (χ1v) is 11.7. The number of hydrogen-bond acceptors (Lipinski definition) is 6. The molecule has 1 unspecified atom stereocenters. The summed E-state index contributed by atoms with van der Waals surface area (Å²) in [5.74, 6) is -1.04. The Balaban J connectivity index is 1.99. The molecule has 2 aromatic carbocycles. The fourth-order valence-electron chi connectivity index (χ4n) is 4.55. The number of ether oxygens (including phenoxy) is 1. The van der Waals surface area contributed by atoms with Crippen LogP contribution in [0, 0.1) is 13.8 Å². The lowest BCUT2D eigenvalue weighted by Gasteiger charge is -2.31. The summed E-state index contributed by atoms with van der Waals surface area (Å²) in [5.41, 5.74) is 4.28. The van der Waals surface area contributed by atoms with Crippen molar-refractivity contribution in [1.29, 1.82) is 0 Å². The van der Waals surface area contributed by atoms with Crippen LogP contribution in [0.3, 0.4) is 0 Å². The quantitative estimate of drug-likeness (QED) is 0.378. The van der Waals surface area contributed by atoms with E-state index in [1.54, 1.807) is 44.2 Å². The second-order valence-corrected chi connectivity index (χ2v) is 8.91. The first kappa shape index (κ1) is 24.2. The lowest BCUT2D eigenvalue weighted by atomic mass is 9.77. The first-order valence-electron chi connectivity index (χ1n) is 11.7. The van der Waals surface area contributed by atoms with Crippen molar-refractivity contribution in [3.63, 3.8) is 0 Å². The number of carbonyl (C=O) groups excluding carboxylic acids is 2. The van der Waals surface area contributed by atoms with Gasteiger partial charge in [0.05, 0.1) is 23.5 Å². The Bertz CT molecular complexity index is 1440. The summed E-state index contributed by atoms with van der Waals surface area (Å²) in [6.07, 6.45) is 0.669. The van der Waals surface area contributed by atoms with Gasteiger partial charge in [-0.25, -0.2) is 4.79 Å². The molecule has 1 aromatic heterocycles. The second kappa shape index (κ2) is 9.74. The topological polar surface area (TPSA) is 85.6 Å². The SMILES string of the molecule is CCCOC(=O)C1=C(C)NC(C)=C(C(=O)c2ccc(C)cc2)C1c1cccc2c(=O)cc(C)oc12. The Morgan fingerprint density at radius 1 is 0.971 bits per heavy atom. The van der Waals surface area contributed by atoms with Crippen LogP contribution in [0.25, 0.3) is 11.0 Å². The zero-order valence-electron chi connectivity index (χ0n) is 20.7. The third-order valence-corrected chi connectivity index (χ3v) is 6.20. The normalized spacial score (nSPS) is 15.9. The highest BCUT2D eigenvalue weighted by molar-refractivity contribution is 6.13. The number of carbonyl (C=O) groups is 2. The molecule has 0 spiro atoms. The van der Waals surface area contributed by atoms with Crippen LogP contribution in [-0.4, -0.2) is 18.4 Å². The summed E-state index contributed by atoms with van der Waals surface area (Å²) in [7, 11) is 0. The van der Waals surface area contributed by atoms with E-state index in [2.05, 4.69) is 5.32 Å². The Hall–Kier alpha value is -3.93. The molecule has 0 amide bonds. The smallest absolute Gasteiger partial charge is 0.336 e. The molecule has 3 aromatic rings. The van der Waals surface area contributed by atoms with E-state index in [1.807, 2.05) is 32.9 Å². The van der Waals surface area contributed by atoms with Crippen molar-refractivity contribution >= 4 is 22.7 Å².